The minimum absolute atomic E-state index is 0. The van der Waals surface area contributed by atoms with Crippen molar-refractivity contribution in [2.24, 2.45) is 0 Å². The molecule has 0 amide bonds. The number of nitrogens with zero attached hydrogens (tertiary/aromatic N) is 7. The molecule has 1 N–H and O–H groups in total. The number of nitrogens with one attached hydrogen (secondary N) is 1. The van der Waals surface area contributed by atoms with E-state index in [-0.39, 0.29) is 25.1 Å². The summed E-state index contributed by atoms with van der Waals surface area (Å²) in [5.41, 5.74) is 2.08. The van der Waals surface area contributed by atoms with Crippen LogP contribution in [0.25, 0.3) is 22.2 Å². The first-order valence-corrected chi connectivity index (χ1v) is 10.9. The van der Waals surface area contributed by atoms with E-state index in [2.05, 4.69) is 25.9 Å². The topological polar surface area (TPSA) is 117 Å². The van der Waals surface area contributed by atoms with Gasteiger partial charge in [-0.2, -0.15) is 23.9 Å². The molecule has 5 heterocycles. The summed E-state index contributed by atoms with van der Waals surface area (Å²) in [6.07, 6.45) is 6.58. The first kappa shape index (κ1) is 22.5. The summed E-state index contributed by atoms with van der Waals surface area (Å²) in [4.78, 5) is 27.6. The van der Waals surface area contributed by atoms with Gasteiger partial charge in [-0.25, -0.2) is 14.5 Å². The lowest BCUT2D eigenvalue weighted by Gasteiger charge is -2.27. The Morgan fingerprint density at radius 2 is 2.11 bits per heavy atom. The van der Waals surface area contributed by atoms with Crippen molar-refractivity contribution in [3.05, 3.63) is 76.9 Å². The molecule has 35 heavy (non-hydrogen) atoms. The van der Waals surface area contributed by atoms with Crippen molar-refractivity contribution in [3.8, 4) is 17.5 Å². The number of rotatable bonds is 4. The lowest BCUT2D eigenvalue weighted by molar-refractivity contribution is 0.414. The Balaban J connectivity index is 0.00000253. The molecule has 0 saturated carbocycles. The minimum atomic E-state index is -0.231. The second-order valence-corrected chi connectivity index (χ2v) is 8.12. The molecular weight excluding hydrogens is 464 g/mol. The molecule has 0 radical (unpaired) electrons. The summed E-state index contributed by atoms with van der Waals surface area (Å²) in [7, 11) is 1.60. The molecule has 1 aliphatic rings. The minimum Gasteiger partial charge on any atom is -0.497 e. The van der Waals surface area contributed by atoms with Gasteiger partial charge in [0.15, 0.2) is 5.82 Å². The van der Waals surface area contributed by atoms with Crippen LogP contribution in [0.15, 0.2) is 59.9 Å². The zero-order valence-electron chi connectivity index (χ0n) is 18.8. The van der Waals surface area contributed by atoms with Crippen LogP contribution in [0.1, 0.15) is 30.3 Å². The van der Waals surface area contributed by atoms with Crippen LogP contribution in [-0.4, -0.2) is 42.8 Å². The third-order valence-electron chi connectivity index (χ3n) is 6.29. The fraction of sp³-hybridized carbons (Fsp3) is 0.208. The monoisotopic (exact) mass is 486 g/mol. The van der Waals surface area contributed by atoms with Gasteiger partial charge in [0.05, 0.1) is 29.8 Å². The Morgan fingerprint density at radius 3 is 2.94 bits per heavy atom. The van der Waals surface area contributed by atoms with Crippen molar-refractivity contribution in [1.82, 2.24) is 29.1 Å². The first-order valence-electron chi connectivity index (χ1n) is 10.9. The molecular formula is C24H22N8O2S. The SMILES string of the molecule is COc1cccc(-n2c([C@@H]3CCCN3c3ncnc4[nH]cc(C#N)c34)nn3cccc3c2=O)c1.S. The average Bonchev–Trinajstić information content (AvgIpc) is 3.62. The Bertz CT molecular complexity index is 1650. The van der Waals surface area contributed by atoms with Crippen molar-refractivity contribution in [2.75, 3.05) is 18.6 Å². The molecule has 0 spiro atoms. The van der Waals surface area contributed by atoms with Crippen molar-refractivity contribution in [3.63, 3.8) is 0 Å². The lowest BCUT2D eigenvalue weighted by atomic mass is 10.1. The average molecular weight is 487 g/mol. The number of methoxy groups -OCH3 is 1. The van der Waals surface area contributed by atoms with E-state index in [1.54, 1.807) is 34.7 Å². The van der Waals surface area contributed by atoms with Crippen LogP contribution in [0.2, 0.25) is 0 Å². The fourth-order valence-corrected chi connectivity index (χ4v) is 4.76. The molecule has 5 aromatic rings. The van der Waals surface area contributed by atoms with E-state index >= 15 is 0 Å². The van der Waals surface area contributed by atoms with Gasteiger partial charge in [0.1, 0.15) is 35.1 Å². The van der Waals surface area contributed by atoms with Gasteiger partial charge in [0.2, 0.25) is 0 Å². The highest BCUT2D eigenvalue weighted by molar-refractivity contribution is 7.59. The zero-order valence-corrected chi connectivity index (χ0v) is 19.8. The van der Waals surface area contributed by atoms with Crippen LogP contribution in [0.3, 0.4) is 0 Å². The Hall–Kier alpha value is -4.30. The Morgan fingerprint density at radius 1 is 1.23 bits per heavy atom. The molecule has 1 aromatic carbocycles. The number of fused-ring (bicyclic) bond motifs is 2. The van der Waals surface area contributed by atoms with Crippen LogP contribution in [0.5, 0.6) is 5.75 Å². The molecule has 10 nitrogen and oxygen atoms in total. The fourth-order valence-electron chi connectivity index (χ4n) is 4.76. The van der Waals surface area contributed by atoms with Gasteiger partial charge in [0.25, 0.3) is 5.56 Å². The van der Waals surface area contributed by atoms with Gasteiger partial charge < -0.3 is 14.6 Å². The van der Waals surface area contributed by atoms with Gasteiger partial charge in [-0.15, -0.1) is 0 Å². The summed E-state index contributed by atoms with van der Waals surface area (Å²) in [6, 6.07) is 12.9. The van der Waals surface area contributed by atoms with Crippen LogP contribution >= 0.6 is 13.5 Å². The number of nitriles is 1. The predicted molar refractivity (Wildman–Crippen MR) is 136 cm³/mol. The molecule has 0 aliphatic carbocycles. The third-order valence-corrected chi connectivity index (χ3v) is 6.29. The maximum atomic E-state index is 13.7. The number of aromatic amines is 1. The standard InChI is InChI=1S/C24H20N8O2.H2S/c1-34-17-6-2-5-16(11-17)32-22(29-31-10-4-8-19(31)24(32)33)18-7-3-9-30(18)23-20-15(12-25)13-26-21(20)27-14-28-23;/h2,4-6,8,10-11,13-14,18H,3,7,9H2,1H3,(H,26,27,28);1H2/t18-;/m0./s1. The quantitative estimate of drug-likeness (QED) is 0.415. The van der Waals surface area contributed by atoms with Crippen LogP contribution in [0.4, 0.5) is 5.82 Å². The molecule has 11 heteroatoms. The van der Waals surface area contributed by atoms with Gasteiger partial charge in [-0.3, -0.25) is 9.36 Å². The maximum absolute atomic E-state index is 13.7. The van der Waals surface area contributed by atoms with Crippen molar-refractivity contribution >= 4 is 35.9 Å². The number of hydrogen-bond donors (Lipinski definition) is 1. The van der Waals surface area contributed by atoms with Gasteiger partial charge in [-0.05, 0) is 37.1 Å². The lowest BCUT2D eigenvalue weighted by Crippen LogP contribution is -2.33. The molecule has 1 atom stereocenters. The molecule has 0 bridgehead atoms. The summed E-state index contributed by atoms with van der Waals surface area (Å²) < 4.78 is 8.68. The number of benzene rings is 1. The molecule has 0 unspecified atom stereocenters. The largest absolute Gasteiger partial charge is 0.497 e. The van der Waals surface area contributed by atoms with Crippen LogP contribution < -0.4 is 15.2 Å². The highest BCUT2D eigenvalue weighted by Crippen LogP contribution is 2.38. The smallest absolute Gasteiger partial charge is 0.282 e. The van der Waals surface area contributed by atoms with E-state index in [4.69, 9.17) is 9.84 Å². The Labute approximate surface area is 206 Å². The van der Waals surface area contributed by atoms with E-state index in [0.29, 0.717) is 51.7 Å². The highest BCUT2D eigenvalue weighted by Gasteiger charge is 2.34. The predicted octanol–water partition coefficient (Wildman–Crippen LogP) is 3.09. The second kappa shape index (κ2) is 8.81. The van der Waals surface area contributed by atoms with Crippen LogP contribution in [-0.2, 0) is 0 Å². The summed E-state index contributed by atoms with van der Waals surface area (Å²) in [5.74, 6) is 1.90. The summed E-state index contributed by atoms with van der Waals surface area (Å²) in [6.45, 7) is 0.713. The van der Waals surface area contributed by atoms with Crippen molar-refractivity contribution in [2.45, 2.75) is 18.9 Å². The number of anilines is 1. The van der Waals surface area contributed by atoms with E-state index in [0.717, 1.165) is 12.8 Å². The van der Waals surface area contributed by atoms with Crippen LogP contribution in [0, 0.1) is 11.3 Å². The second-order valence-electron chi connectivity index (χ2n) is 8.12. The van der Waals surface area contributed by atoms with Gasteiger partial charge in [0, 0.05) is 25.0 Å². The zero-order chi connectivity index (χ0) is 23.2. The first-order chi connectivity index (χ1) is 16.7. The normalized spacial score (nSPS) is 15.3. The maximum Gasteiger partial charge on any atom is 0.282 e. The number of hydrogen-bond acceptors (Lipinski definition) is 7. The van der Waals surface area contributed by atoms with Gasteiger partial charge >= 0.3 is 0 Å². The van der Waals surface area contributed by atoms with Gasteiger partial charge in [-0.1, -0.05) is 6.07 Å². The highest BCUT2D eigenvalue weighted by atomic mass is 32.1. The van der Waals surface area contributed by atoms with E-state index in [9.17, 15) is 10.1 Å². The number of ether oxygens (including phenoxy) is 1. The number of H-pyrrole nitrogens is 1. The summed E-state index contributed by atoms with van der Waals surface area (Å²) >= 11 is 0. The molecule has 1 aliphatic heterocycles. The Kier molecular flexibility index (Phi) is 5.66. The van der Waals surface area contributed by atoms with E-state index in [1.165, 1.54) is 6.33 Å². The third kappa shape index (κ3) is 3.50. The molecule has 1 fully saturated rings. The molecule has 1 saturated heterocycles. The van der Waals surface area contributed by atoms with E-state index in [1.807, 2.05) is 30.3 Å². The molecule has 4 aromatic heterocycles. The molecule has 176 valence electrons. The number of aromatic nitrogens is 6. The summed E-state index contributed by atoms with van der Waals surface area (Å²) in [5, 5.41) is 15.2. The van der Waals surface area contributed by atoms with Crippen molar-refractivity contribution < 1.29 is 4.74 Å². The van der Waals surface area contributed by atoms with Crippen molar-refractivity contribution in [1.29, 1.82) is 5.26 Å². The molecule has 6 rings (SSSR count). The van der Waals surface area contributed by atoms with E-state index < -0.39 is 0 Å².